The second-order valence-electron chi connectivity index (χ2n) is 17.6. The molecule has 5 heterocycles. The lowest BCUT2D eigenvalue weighted by Crippen LogP contribution is -2.41. The number of amidine groups is 2. The summed E-state index contributed by atoms with van der Waals surface area (Å²) < 4.78 is 68.9. The summed E-state index contributed by atoms with van der Waals surface area (Å²) in [5, 5.41) is 0. The second kappa shape index (κ2) is 20.1. The molecule has 16 nitrogen and oxygen atoms in total. The van der Waals surface area contributed by atoms with Crippen molar-refractivity contribution in [3.8, 4) is 28.3 Å². The van der Waals surface area contributed by atoms with Crippen molar-refractivity contribution in [2.45, 2.75) is 37.2 Å². The number of hydrogen-bond donors (Lipinski definition) is 2. The normalized spacial score (nSPS) is 19.1. The monoisotopic (exact) mass is 968 g/mol. The van der Waals surface area contributed by atoms with Gasteiger partial charge in [-0.25, -0.2) is 21.8 Å². The number of benzene rings is 5. The van der Waals surface area contributed by atoms with E-state index in [0.29, 0.717) is 84.3 Å². The lowest BCUT2D eigenvalue weighted by molar-refractivity contribution is 0.0626. The minimum atomic E-state index is -3.60. The van der Waals surface area contributed by atoms with Crippen LogP contribution in [-0.2, 0) is 31.6 Å². The Morgan fingerprint density at radius 3 is 1.65 bits per heavy atom. The smallest absolute Gasteiger partial charge is 0.259 e. The molecule has 0 bridgehead atoms. The van der Waals surface area contributed by atoms with Crippen LogP contribution in [0, 0.1) is 11.8 Å². The minimum Gasteiger partial charge on any atom is -0.492 e. The molecule has 2 saturated heterocycles. The Labute approximate surface area is 401 Å². The summed E-state index contributed by atoms with van der Waals surface area (Å²) in [6.45, 7) is 3.40. The van der Waals surface area contributed by atoms with Crippen molar-refractivity contribution >= 4 is 43.5 Å². The highest BCUT2D eigenvalue weighted by Crippen LogP contribution is 2.32. The van der Waals surface area contributed by atoms with Crippen LogP contribution in [0.3, 0.4) is 0 Å². The molecule has 10 rings (SSSR count). The van der Waals surface area contributed by atoms with E-state index in [2.05, 4.69) is 13.8 Å². The number of piperidine rings is 2. The number of hydrogen-bond acceptors (Lipinski definition) is 11. The highest BCUT2D eigenvalue weighted by atomic mass is 32.2. The summed E-state index contributed by atoms with van der Waals surface area (Å²) in [6.07, 6.45) is 8.90. The summed E-state index contributed by atoms with van der Waals surface area (Å²) in [7, 11) is -7.20. The molecule has 0 saturated carbocycles. The van der Waals surface area contributed by atoms with E-state index >= 15 is 0 Å². The van der Waals surface area contributed by atoms with Crippen molar-refractivity contribution in [3.63, 3.8) is 0 Å². The lowest BCUT2D eigenvalue weighted by atomic mass is 9.97. The topological polar surface area (TPSA) is 222 Å². The zero-order valence-corrected chi connectivity index (χ0v) is 39.4. The molecule has 4 aliphatic rings. The average Bonchev–Trinajstić information content (AvgIpc) is 3.90. The van der Waals surface area contributed by atoms with Gasteiger partial charge < -0.3 is 35.3 Å². The van der Waals surface area contributed by atoms with E-state index in [1.165, 1.54) is 0 Å². The summed E-state index contributed by atoms with van der Waals surface area (Å²) >= 11 is 0. The van der Waals surface area contributed by atoms with Gasteiger partial charge in [0.05, 0.1) is 42.2 Å². The number of nitrogens with zero attached hydrogens (tertiary/aromatic N) is 6. The Balaban J connectivity index is 0.000000172. The predicted molar refractivity (Wildman–Crippen MR) is 263 cm³/mol. The molecule has 4 aliphatic heterocycles. The number of rotatable bonds is 10. The number of carbonyl (C=O) groups excluding carboxylic acids is 2. The maximum absolute atomic E-state index is 13.3. The van der Waals surface area contributed by atoms with Crippen molar-refractivity contribution in [1.29, 1.82) is 0 Å². The third kappa shape index (κ3) is 11.0. The standard InChI is InChI=1S/C27H27N3O4S.C24H25N5O4S/c28-26-25-23(18-35(32,33)29-26)12-5-13-24(25)34-17-19-7-6-14-30(16-19)27(31)22-11-4-10-21(15-22)20-8-2-1-3-9-20;25-23-22-19(15-34(31,32)27-23)6-2-8-21(22)33-14-17-4-3-10-28(13-17)24(30)18-5-1-7-20(12-18)29-11-9-26-16-29/h1-5,8-13,15,19H,6-7,14,16-18H2,(H2,28,29);1-2,5-9,11-12,16-17H,3-4,10,13-15H2,(H2,25,27)/t19-;17-/m00/s1. The van der Waals surface area contributed by atoms with Crippen LogP contribution in [0.5, 0.6) is 11.5 Å². The van der Waals surface area contributed by atoms with E-state index in [0.717, 1.165) is 42.5 Å². The third-order valence-electron chi connectivity index (χ3n) is 12.6. The number of aromatic nitrogens is 2. The van der Waals surface area contributed by atoms with Gasteiger partial charge in [0, 0.05) is 67.2 Å². The Kier molecular flexibility index (Phi) is 13.6. The summed E-state index contributed by atoms with van der Waals surface area (Å²) in [5.74, 6) is 0.898. The van der Waals surface area contributed by atoms with Crippen LogP contribution in [0.2, 0.25) is 0 Å². The fourth-order valence-electron chi connectivity index (χ4n) is 9.29. The number of sulfonamides is 2. The van der Waals surface area contributed by atoms with Gasteiger partial charge >= 0.3 is 0 Å². The Morgan fingerprint density at radius 2 is 1.12 bits per heavy atom. The van der Waals surface area contributed by atoms with Gasteiger partial charge in [0.1, 0.15) is 23.2 Å². The maximum atomic E-state index is 13.3. The van der Waals surface area contributed by atoms with E-state index < -0.39 is 20.0 Å². The van der Waals surface area contributed by atoms with Crippen LogP contribution in [-0.4, -0.2) is 99.1 Å². The molecule has 5 aromatic carbocycles. The number of likely N-dealkylation sites (tertiary alicyclic amines) is 2. The molecule has 69 heavy (non-hydrogen) atoms. The fraction of sp³-hybridized carbons (Fsp3) is 0.275. The van der Waals surface area contributed by atoms with Gasteiger partial charge in [-0.3, -0.25) is 9.59 Å². The summed E-state index contributed by atoms with van der Waals surface area (Å²) in [5.41, 5.74) is 18.4. The molecule has 2 amide bonds. The summed E-state index contributed by atoms with van der Waals surface area (Å²) in [6, 6.07) is 35.8. The van der Waals surface area contributed by atoms with Gasteiger partial charge in [0.25, 0.3) is 31.9 Å². The molecular formula is C51H52N8O8S2. The quantitative estimate of drug-likeness (QED) is 0.158. The molecule has 0 aliphatic carbocycles. The van der Waals surface area contributed by atoms with Crippen molar-refractivity contribution in [2.24, 2.45) is 32.1 Å². The average molecular weight is 969 g/mol. The highest BCUT2D eigenvalue weighted by Gasteiger charge is 2.30. The number of imidazole rings is 1. The van der Waals surface area contributed by atoms with Crippen molar-refractivity contribution in [1.82, 2.24) is 19.4 Å². The number of ether oxygens (including phenoxy) is 2. The van der Waals surface area contributed by atoms with Gasteiger partial charge in [0.2, 0.25) is 0 Å². The number of nitrogens with two attached hydrogens (primary N) is 2. The van der Waals surface area contributed by atoms with Crippen LogP contribution in [0.4, 0.5) is 0 Å². The Bertz CT molecular complexity index is 3160. The largest absolute Gasteiger partial charge is 0.492 e. The molecule has 2 fully saturated rings. The van der Waals surface area contributed by atoms with Gasteiger partial charge in [-0.05, 0) is 90.4 Å². The van der Waals surface area contributed by atoms with Gasteiger partial charge in [-0.1, -0.05) is 72.8 Å². The first-order valence-corrected chi connectivity index (χ1v) is 26.0. The zero-order valence-electron chi connectivity index (χ0n) is 37.8. The number of fused-ring (bicyclic) bond motifs is 2. The molecule has 18 heteroatoms. The van der Waals surface area contributed by atoms with Gasteiger partial charge in [0.15, 0.2) is 0 Å². The van der Waals surface area contributed by atoms with E-state index in [9.17, 15) is 26.4 Å². The number of carbonyl (C=O) groups is 2. The fourth-order valence-corrected chi connectivity index (χ4v) is 11.5. The minimum absolute atomic E-state index is 0.00894. The molecular weight excluding hydrogens is 917 g/mol. The SMILES string of the molecule is NC1=NS(=O)(=O)Cc2cccc(OC[C@H]3CCCN(C(=O)c4cccc(-c5ccccc5)c4)C3)c21.NC1=NS(=O)(=O)Cc2cccc(OC[C@H]3CCCN(C(=O)c4cccc(-n5ccnc5)c4)C3)c21. The third-order valence-corrected chi connectivity index (χ3v) is 14.9. The molecule has 356 valence electrons. The van der Waals surface area contributed by atoms with Crippen LogP contribution < -0.4 is 20.9 Å². The first-order chi connectivity index (χ1) is 33.3. The Hall–Kier alpha value is -7.31. The predicted octanol–water partition coefficient (Wildman–Crippen LogP) is 6.19. The first kappa shape index (κ1) is 46.8. The molecule has 2 atom stereocenters. The lowest BCUT2D eigenvalue weighted by Gasteiger charge is -2.33. The van der Waals surface area contributed by atoms with E-state index in [1.54, 1.807) is 48.9 Å². The molecule has 4 N–H and O–H groups in total. The molecule has 0 unspecified atom stereocenters. The van der Waals surface area contributed by atoms with Gasteiger partial charge in [-0.2, -0.15) is 0 Å². The van der Waals surface area contributed by atoms with Crippen LogP contribution in [0.1, 0.15) is 68.7 Å². The molecule has 6 aromatic rings. The maximum Gasteiger partial charge on any atom is 0.259 e. The van der Waals surface area contributed by atoms with Crippen LogP contribution in [0.15, 0.2) is 143 Å². The molecule has 0 radical (unpaired) electrons. The van der Waals surface area contributed by atoms with Crippen LogP contribution >= 0.6 is 0 Å². The van der Waals surface area contributed by atoms with E-state index in [1.807, 2.05) is 99.4 Å². The van der Waals surface area contributed by atoms with Crippen molar-refractivity contribution in [2.75, 3.05) is 39.4 Å². The van der Waals surface area contributed by atoms with Crippen LogP contribution in [0.25, 0.3) is 16.8 Å². The first-order valence-electron chi connectivity index (χ1n) is 22.8. The van der Waals surface area contributed by atoms with Crippen molar-refractivity contribution < 1.29 is 35.9 Å². The summed E-state index contributed by atoms with van der Waals surface area (Å²) in [4.78, 5) is 34.3. The van der Waals surface area contributed by atoms with E-state index in [4.69, 9.17) is 20.9 Å². The molecule has 1 aromatic heterocycles. The number of amides is 2. The molecule has 0 spiro atoms. The zero-order chi connectivity index (χ0) is 48.1. The second-order valence-corrected chi connectivity index (χ2v) is 20.9. The van der Waals surface area contributed by atoms with Gasteiger partial charge in [-0.15, -0.1) is 8.80 Å². The Morgan fingerprint density at radius 1 is 0.609 bits per heavy atom. The van der Waals surface area contributed by atoms with E-state index in [-0.39, 0.29) is 46.8 Å². The highest BCUT2D eigenvalue weighted by molar-refractivity contribution is 7.89. The van der Waals surface area contributed by atoms with Crippen molar-refractivity contribution in [3.05, 3.63) is 167 Å².